The maximum atomic E-state index is 12.5. The van der Waals surface area contributed by atoms with Crippen molar-refractivity contribution < 1.29 is 14.3 Å². The third kappa shape index (κ3) is 3.24. The van der Waals surface area contributed by atoms with Gasteiger partial charge in [-0.3, -0.25) is 4.79 Å². The highest BCUT2D eigenvalue weighted by Gasteiger charge is 2.16. The molecule has 0 N–H and O–H groups in total. The Kier molecular flexibility index (Phi) is 4.39. The Labute approximate surface area is 134 Å². The molecule has 23 heavy (non-hydrogen) atoms. The van der Waals surface area contributed by atoms with Gasteiger partial charge >= 0.3 is 0 Å². The highest BCUT2D eigenvalue weighted by Crippen LogP contribution is 2.34. The summed E-state index contributed by atoms with van der Waals surface area (Å²) in [6, 6.07) is 16.2. The number of hydrogen-bond donors (Lipinski definition) is 0. The number of carbonyl (C=O) groups excluding carboxylic acids is 1. The first kappa shape index (κ1) is 14.9. The molecule has 4 nitrogen and oxygen atoms in total. The molecule has 114 valence electrons. The first-order chi connectivity index (χ1) is 11.3. The molecule has 2 aromatic rings. The zero-order chi connectivity index (χ0) is 16.1. The molecule has 0 aliphatic carbocycles. The first-order valence-corrected chi connectivity index (χ1v) is 7.40. The summed E-state index contributed by atoms with van der Waals surface area (Å²) < 4.78 is 11.3. The molecule has 0 atom stereocenters. The third-order valence-electron chi connectivity index (χ3n) is 3.50. The van der Waals surface area contributed by atoms with Crippen LogP contribution in [0.25, 0.3) is 6.08 Å². The smallest absolute Gasteiger partial charge is 0.203 e. The molecule has 0 saturated carbocycles. The van der Waals surface area contributed by atoms with Gasteiger partial charge < -0.3 is 9.47 Å². The number of ether oxygens (including phenoxy) is 2. The second-order valence-electron chi connectivity index (χ2n) is 5.09. The van der Waals surface area contributed by atoms with Crippen LogP contribution in [-0.4, -0.2) is 19.0 Å². The van der Waals surface area contributed by atoms with E-state index in [1.807, 2.05) is 30.3 Å². The quantitative estimate of drug-likeness (QED) is 0.493. The van der Waals surface area contributed by atoms with Gasteiger partial charge in [0.2, 0.25) is 5.78 Å². The average molecular weight is 305 g/mol. The van der Waals surface area contributed by atoms with Gasteiger partial charge in [-0.1, -0.05) is 42.5 Å². The number of hydrogen-bond acceptors (Lipinski definition) is 4. The van der Waals surface area contributed by atoms with E-state index in [2.05, 4.69) is 0 Å². The van der Waals surface area contributed by atoms with Crippen molar-refractivity contribution in [3.8, 4) is 17.6 Å². The Balaban J connectivity index is 2.00. The first-order valence-electron chi connectivity index (χ1n) is 7.40. The minimum absolute atomic E-state index is 0.0671. The van der Waals surface area contributed by atoms with Crippen molar-refractivity contribution in [3.05, 3.63) is 65.2 Å². The molecule has 1 aliphatic rings. The molecule has 0 bridgehead atoms. The van der Waals surface area contributed by atoms with Crippen molar-refractivity contribution in [2.45, 2.75) is 6.42 Å². The number of benzene rings is 2. The number of nitriles is 1. The Morgan fingerprint density at radius 2 is 1.83 bits per heavy atom. The molecule has 0 fully saturated rings. The topological polar surface area (TPSA) is 59.3 Å². The lowest BCUT2D eigenvalue weighted by Crippen LogP contribution is -2.02. The van der Waals surface area contributed by atoms with Crippen LogP contribution in [0.5, 0.6) is 11.5 Å². The van der Waals surface area contributed by atoms with Crippen LogP contribution < -0.4 is 9.47 Å². The predicted molar refractivity (Wildman–Crippen MR) is 86.4 cm³/mol. The molecular formula is C19H15NO3. The molecule has 0 aromatic heterocycles. The average Bonchev–Trinajstić information content (AvgIpc) is 2.86. The van der Waals surface area contributed by atoms with Gasteiger partial charge in [0.1, 0.15) is 11.6 Å². The van der Waals surface area contributed by atoms with E-state index in [9.17, 15) is 10.1 Å². The molecule has 2 aromatic carbocycles. The molecule has 0 amide bonds. The number of Topliss-reactive ketones (excluding diaryl/α,β-unsaturated/α-hetero) is 1. The molecule has 4 heteroatoms. The van der Waals surface area contributed by atoms with Gasteiger partial charge in [-0.05, 0) is 12.1 Å². The van der Waals surface area contributed by atoms with Crippen LogP contribution in [0.1, 0.15) is 22.3 Å². The fraction of sp³-hybridized carbons (Fsp3) is 0.158. The lowest BCUT2D eigenvalue weighted by molar-refractivity contribution is 0.104. The van der Waals surface area contributed by atoms with Gasteiger partial charge in [-0.25, -0.2) is 0 Å². The van der Waals surface area contributed by atoms with E-state index in [1.165, 1.54) is 0 Å². The standard InChI is InChI=1S/C19H15NO3/c20-13-16(18(21)14-6-2-1-3-7-14)12-15-8-4-9-17-19(15)23-11-5-10-22-17/h1-4,6-9,12H,5,10-11H2. The van der Waals surface area contributed by atoms with E-state index in [0.717, 1.165) is 6.42 Å². The van der Waals surface area contributed by atoms with E-state index >= 15 is 0 Å². The van der Waals surface area contributed by atoms with Gasteiger partial charge in [0.15, 0.2) is 11.5 Å². The normalized spacial score (nSPS) is 13.8. The minimum Gasteiger partial charge on any atom is -0.490 e. The maximum Gasteiger partial charge on any atom is 0.203 e. The minimum atomic E-state index is -0.305. The third-order valence-corrected chi connectivity index (χ3v) is 3.50. The van der Waals surface area contributed by atoms with Crippen molar-refractivity contribution in [1.29, 1.82) is 5.26 Å². The SMILES string of the molecule is N#CC(=Cc1cccc2c1OCCCO2)C(=O)c1ccccc1. The number of fused-ring (bicyclic) bond motifs is 1. The summed E-state index contributed by atoms with van der Waals surface area (Å²) in [4.78, 5) is 12.5. The molecule has 0 saturated heterocycles. The molecule has 0 unspecified atom stereocenters. The predicted octanol–water partition coefficient (Wildman–Crippen LogP) is 3.64. The lowest BCUT2D eigenvalue weighted by Gasteiger charge is -2.10. The summed E-state index contributed by atoms with van der Waals surface area (Å²) >= 11 is 0. The summed E-state index contributed by atoms with van der Waals surface area (Å²) in [5, 5.41) is 9.37. The zero-order valence-corrected chi connectivity index (χ0v) is 12.5. The number of ketones is 1. The van der Waals surface area contributed by atoms with Gasteiger partial charge in [-0.2, -0.15) is 5.26 Å². The number of carbonyl (C=O) groups is 1. The van der Waals surface area contributed by atoms with E-state index in [-0.39, 0.29) is 11.4 Å². The van der Waals surface area contributed by atoms with Gasteiger partial charge in [-0.15, -0.1) is 0 Å². The second-order valence-corrected chi connectivity index (χ2v) is 5.09. The highest BCUT2D eigenvalue weighted by molar-refractivity contribution is 6.14. The summed E-state index contributed by atoms with van der Waals surface area (Å²) in [5.41, 5.74) is 1.22. The van der Waals surface area contributed by atoms with Gasteiger partial charge in [0.25, 0.3) is 0 Å². The lowest BCUT2D eigenvalue weighted by atomic mass is 10.0. The van der Waals surface area contributed by atoms with Crippen molar-refractivity contribution in [3.63, 3.8) is 0 Å². The summed E-state index contributed by atoms with van der Waals surface area (Å²) in [6.45, 7) is 1.14. The van der Waals surface area contributed by atoms with Crippen molar-refractivity contribution in [2.75, 3.05) is 13.2 Å². The number of nitrogens with zero attached hydrogens (tertiary/aromatic N) is 1. The van der Waals surface area contributed by atoms with Crippen LogP contribution in [0, 0.1) is 11.3 Å². The van der Waals surface area contributed by atoms with E-state index in [4.69, 9.17) is 9.47 Å². The highest BCUT2D eigenvalue weighted by atomic mass is 16.5. The fourth-order valence-corrected chi connectivity index (χ4v) is 2.38. The molecular weight excluding hydrogens is 290 g/mol. The number of rotatable bonds is 3. The Bertz CT molecular complexity index is 788. The molecule has 0 radical (unpaired) electrons. The number of para-hydroxylation sites is 1. The fourth-order valence-electron chi connectivity index (χ4n) is 2.38. The summed E-state index contributed by atoms with van der Waals surface area (Å²) in [5.74, 6) is 0.916. The Morgan fingerprint density at radius 3 is 2.61 bits per heavy atom. The molecule has 0 spiro atoms. The van der Waals surface area contributed by atoms with E-state index in [0.29, 0.717) is 35.8 Å². The monoisotopic (exact) mass is 305 g/mol. The van der Waals surface area contributed by atoms with Gasteiger partial charge in [0.05, 0.1) is 13.2 Å². The van der Waals surface area contributed by atoms with Crippen LogP contribution in [0.3, 0.4) is 0 Å². The Morgan fingerprint density at radius 1 is 1.04 bits per heavy atom. The van der Waals surface area contributed by atoms with Crippen molar-refractivity contribution >= 4 is 11.9 Å². The largest absolute Gasteiger partial charge is 0.490 e. The summed E-state index contributed by atoms with van der Waals surface area (Å²) in [7, 11) is 0. The van der Waals surface area contributed by atoms with Crippen molar-refractivity contribution in [1.82, 2.24) is 0 Å². The summed E-state index contributed by atoms with van der Waals surface area (Å²) in [6.07, 6.45) is 2.36. The van der Waals surface area contributed by atoms with Crippen LogP contribution in [0.15, 0.2) is 54.1 Å². The number of allylic oxidation sites excluding steroid dienone is 1. The molecule has 1 aliphatic heterocycles. The molecule has 1 heterocycles. The van der Waals surface area contributed by atoms with Gasteiger partial charge in [0, 0.05) is 17.5 Å². The van der Waals surface area contributed by atoms with Crippen LogP contribution in [-0.2, 0) is 0 Å². The maximum absolute atomic E-state index is 12.5. The Hall–Kier alpha value is -3.06. The van der Waals surface area contributed by atoms with Crippen LogP contribution in [0.4, 0.5) is 0 Å². The van der Waals surface area contributed by atoms with Crippen LogP contribution in [0.2, 0.25) is 0 Å². The second kappa shape index (κ2) is 6.80. The zero-order valence-electron chi connectivity index (χ0n) is 12.5. The van der Waals surface area contributed by atoms with E-state index < -0.39 is 0 Å². The molecule has 3 rings (SSSR count). The van der Waals surface area contributed by atoms with E-state index in [1.54, 1.807) is 30.3 Å². The van der Waals surface area contributed by atoms with Crippen molar-refractivity contribution in [2.24, 2.45) is 0 Å². The van der Waals surface area contributed by atoms with Crippen LogP contribution >= 0.6 is 0 Å².